The Labute approximate surface area is 207 Å². The number of hydrogen-bond acceptors (Lipinski definition) is 5. The van der Waals surface area contributed by atoms with Crippen LogP contribution in [0.1, 0.15) is 22.3 Å². The summed E-state index contributed by atoms with van der Waals surface area (Å²) >= 11 is 5.92. The second kappa shape index (κ2) is 10.0. The lowest BCUT2D eigenvalue weighted by Gasteiger charge is -2.26. The van der Waals surface area contributed by atoms with Crippen LogP contribution in [0.2, 0.25) is 5.02 Å². The molecule has 0 saturated carbocycles. The number of nitrogens with zero attached hydrogens (tertiary/aromatic N) is 1. The molecule has 0 aromatic heterocycles. The molecule has 3 aromatic carbocycles. The van der Waals surface area contributed by atoms with Crippen molar-refractivity contribution in [3.05, 3.63) is 93.5 Å². The number of carbonyl (C=O) groups excluding carboxylic acids is 3. The molecule has 178 valence electrons. The van der Waals surface area contributed by atoms with Gasteiger partial charge in [-0.3, -0.25) is 14.9 Å². The van der Waals surface area contributed by atoms with Crippen LogP contribution in [0.5, 0.6) is 11.5 Å². The van der Waals surface area contributed by atoms with E-state index in [2.05, 4.69) is 5.32 Å². The number of benzene rings is 3. The molecule has 3 aromatic rings. The van der Waals surface area contributed by atoms with Crippen molar-refractivity contribution in [1.29, 1.82) is 0 Å². The summed E-state index contributed by atoms with van der Waals surface area (Å²) in [5.74, 6) is -0.541. The highest BCUT2D eigenvalue weighted by Crippen LogP contribution is 2.31. The maximum Gasteiger partial charge on any atom is 0.335 e. The molecule has 0 bridgehead atoms. The molecule has 1 aliphatic heterocycles. The minimum atomic E-state index is -0.788. The summed E-state index contributed by atoms with van der Waals surface area (Å²) in [7, 11) is 1.50. The average molecular weight is 491 g/mol. The number of imide groups is 2. The summed E-state index contributed by atoms with van der Waals surface area (Å²) in [6, 6.07) is 16.8. The normalized spacial score (nSPS) is 14.8. The van der Waals surface area contributed by atoms with E-state index in [1.165, 1.54) is 13.2 Å². The summed E-state index contributed by atoms with van der Waals surface area (Å²) in [6.45, 7) is 4.13. The fourth-order valence-electron chi connectivity index (χ4n) is 3.56. The van der Waals surface area contributed by atoms with Gasteiger partial charge in [0.25, 0.3) is 11.8 Å². The SMILES string of the molecule is COc1cc(/C=C2\C(=O)NC(=O)N(c3ccc(C)c(C)c3)C2=O)ccc1OCc1ccc(Cl)cc1. The van der Waals surface area contributed by atoms with Crippen molar-refractivity contribution in [2.45, 2.75) is 20.5 Å². The van der Waals surface area contributed by atoms with Crippen LogP contribution in [0.4, 0.5) is 10.5 Å². The van der Waals surface area contributed by atoms with Crippen molar-refractivity contribution in [2.75, 3.05) is 12.0 Å². The van der Waals surface area contributed by atoms with Crippen LogP contribution in [-0.2, 0) is 16.2 Å². The first-order chi connectivity index (χ1) is 16.8. The van der Waals surface area contributed by atoms with E-state index in [-0.39, 0.29) is 5.57 Å². The van der Waals surface area contributed by atoms with Gasteiger partial charge >= 0.3 is 6.03 Å². The molecule has 0 spiro atoms. The Bertz CT molecular complexity index is 1350. The number of barbiturate groups is 1. The summed E-state index contributed by atoms with van der Waals surface area (Å²) < 4.78 is 11.3. The van der Waals surface area contributed by atoms with Gasteiger partial charge in [0.15, 0.2) is 11.5 Å². The van der Waals surface area contributed by atoms with E-state index >= 15 is 0 Å². The molecule has 0 atom stereocenters. The third-order valence-corrected chi connectivity index (χ3v) is 5.91. The summed E-state index contributed by atoms with van der Waals surface area (Å²) in [5.41, 5.74) is 3.63. The lowest BCUT2D eigenvalue weighted by Crippen LogP contribution is -2.54. The van der Waals surface area contributed by atoms with Gasteiger partial charge in [-0.15, -0.1) is 0 Å². The number of halogens is 1. The fourth-order valence-corrected chi connectivity index (χ4v) is 3.68. The topological polar surface area (TPSA) is 84.9 Å². The van der Waals surface area contributed by atoms with Gasteiger partial charge in [0.05, 0.1) is 12.8 Å². The van der Waals surface area contributed by atoms with Crippen molar-refractivity contribution >= 4 is 41.2 Å². The molecule has 4 rings (SSSR count). The number of hydrogen-bond donors (Lipinski definition) is 1. The molecule has 1 heterocycles. The Hall–Kier alpha value is -4.10. The van der Waals surface area contributed by atoms with E-state index in [1.807, 2.05) is 32.0 Å². The summed E-state index contributed by atoms with van der Waals surface area (Å²) in [4.78, 5) is 39.1. The number of urea groups is 1. The number of nitrogens with one attached hydrogen (secondary N) is 1. The maximum absolute atomic E-state index is 13.2. The molecule has 0 radical (unpaired) electrons. The van der Waals surface area contributed by atoms with Crippen LogP contribution < -0.4 is 19.7 Å². The number of anilines is 1. The van der Waals surface area contributed by atoms with Crippen molar-refractivity contribution in [3.63, 3.8) is 0 Å². The molecule has 35 heavy (non-hydrogen) atoms. The predicted octanol–water partition coefficient (Wildman–Crippen LogP) is 5.21. The zero-order valence-corrected chi connectivity index (χ0v) is 20.2. The molecule has 1 aliphatic rings. The number of methoxy groups -OCH3 is 1. The Kier molecular flexibility index (Phi) is 6.89. The van der Waals surface area contributed by atoms with Gasteiger partial charge in [-0.25, -0.2) is 9.69 Å². The van der Waals surface area contributed by atoms with Crippen LogP contribution in [0.25, 0.3) is 6.08 Å². The molecule has 4 amide bonds. The van der Waals surface area contributed by atoms with Crippen molar-refractivity contribution in [2.24, 2.45) is 0 Å². The number of carbonyl (C=O) groups is 3. The minimum absolute atomic E-state index is 0.167. The second-order valence-corrected chi connectivity index (χ2v) is 8.49. The molecule has 8 heteroatoms. The highest BCUT2D eigenvalue weighted by Gasteiger charge is 2.36. The first kappa shape index (κ1) is 24.0. The fraction of sp³-hybridized carbons (Fsp3) is 0.148. The molecule has 1 fully saturated rings. The highest BCUT2D eigenvalue weighted by molar-refractivity contribution is 6.39. The minimum Gasteiger partial charge on any atom is -0.493 e. The van der Waals surface area contributed by atoms with Crippen LogP contribution in [-0.4, -0.2) is 25.0 Å². The van der Waals surface area contributed by atoms with Gasteiger partial charge in [-0.1, -0.05) is 35.9 Å². The van der Waals surface area contributed by atoms with E-state index in [4.69, 9.17) is 21.1 Å². The van der Waals surface area contributed by atoms with E-state index in [9.17, 15) is 14.4 Å². The lowest BCUT2D eigenvalue weighted by atomic mass is 10.0. The zero-order chi connectivity index (χ0) is 25.1. The molecule has 7 nitrogen and oxygen atoms in total. The quantitative estimate of drug-likeness (QED) is 0.378. The largest absolute Gasteiger partial charge is 0.493 e. The van der Waals surface area contributed by atoms with E-state index in [0.717, 1.165) is 21.6 Å². The third kappa shape index (κ3) is 5.20. The third-order valence-electron chi connectivity index (χ3n) is 5.66. The van der Waals surface area contributed by atoms with Crippen LogP contribution in [0.3, 0.4) is 0 Å². The Balaban J connectivity index is 1.59. The number of rotatable bonds is 6. The van der Waals surface area contributed by atoms with Gasteiger partial charge in [0.1, 0.15) is 12.2 Å². The number of aryl methyl sites for hydroxylation is 2. The van der Waals surface area contributed by atoms with Crippen molar-refractivity contribution in [3.8, 4) is 11.5 Å². The standard InChI is InChI=1S/C27H23ClN2O5/c1-16-4-10-21(12-17(16)2)30-26(32)22(25(31)29-27(30)33)13-19-7-11-23(24(14-19)34-3)35-15-18-5-8-20(28)9-6-18/h4-14H,15H2,1-3H3,(H,29,31,33)/b22-13+. The predicted molar refractivity (Wildman–Crippen MR) is 134 cm³/mol. The van der Waals surface area contributed by atoms with Gasteiger partial charge < -0.3 is 9.47 Å². The molecule has 1 N–H and O–H groups in total. The van der Waals surface area contributed by atoms with Crippen molar-refractivity contribution < 1.29 is 23.9 Å². The monoisotopic (exact) mass is 490 g/mol. The summed E-state index contributed by atoms with van der Waals surface area (Å²) in [6.07, 6.45) is 1.42. The maximum atomic E-state index is 13.2. The molecular formula is C27H23ClN2O5. The van der Waals surface area contributed by atoms with E-state index in [0.29, 0.717) is 34.4 Å². The first-order valence-corrected chi connectivity index (χ1v) is 11.2. The van der Waals surface area contributed by atoms with Gasteiger partial charge in [-0.2, -0.15) is 0 Å². The zero-order valence-electron chi connectivity index (χ0n) is 19.4. The number of amides is 4. The van der Waals surface area contributed by atoms with Gasteiger partial charge in [0, 0.05) is 5.02 Å². The van der Waals surface area contributed by atoms with E-state index in [1.54, 1.807) is 42.5 Å². The van der Waals surface area contributed by atoms with Crippen molar-refractivity contribution in [1.82, 2.24) is 5.32 Å². The lowest BCUT2D eigenvalue weighted by molar-refractivity contribution is -0.122. The number of ether oxygens (including phenoxy) is 2. The Morgan fingerprint density at radius 3 is 2.34 bits per heavy atom. The van der Waals surface area contributed by atoms with Gasteiger partial charge in [0.2, 0.25) is 0 Å². The van der Waals surface area contributed by atoms with Gasteiger partial charge in [-0.05, 0) is 78.6 Å². The van der Waals surface area contributed by atoms with Crippen LogP contribution in [0.15, 0.2) is 66.2 Å². The first-order valence-electron chi connectivity index (χ1n) is 10.8. The smallest absolute Gasteiger partial charge is 0.335 e. The van der Waals surface area contributed by atoms with Crippen LogP contribution in [0, 0.1) is 13.8 Å². The highest BCUT2D eigenvalue weighted by atomic mass is 35.5. The van der Waals surface area contributed by atoms with Crippen LogP contribution >= 0.6 is 11.6 Å². The molecular weight excluding hydrogens is 468 g/mol. The average Bonchev–Trinajstić information content (AvgIpc) is 2.83. The summed E-state index contributed by atoms with van der Waals surface area (Å²) in [5, 5.41) is 2.88. The Morgan fingerprint density at radius 1 is 0.914 bits per heavy atom. The molecule has 1 saturated heterocycles. The molecule has 0 unspecified atom stereocenters. The van der Waals surface area contributed by atoms with E-state index < -0.39 is 17.8 Å². The second-order valence-electron chi connectivity index (χ2n) is 8.05. The molecule has 0 aliphatic carbocycles. The Morgan fingerprint density at radius 2 is 1.66 bits per heavy atom.